The Morgan fingerprint density at radius 3 is 2.56 bits per heavy atom. The van der Waals surface area contributed by atoms with Crippen LogP contribution in [-0.2, 0) is 27.2 Å². The van der Waals surface area contributed by atoms with Crippen molar-refractivity contribution in [2.45, 2.75) is 78.4 Å². The van der Waals surface area contributed by atoms with Gasteiger partial charge in [0.1, 0.15) is 11.2 Å². The van der Waals surface area contributed by atoms with Crippen molar-refractivity contribution < 1.29 is 23.8 Å². The molecule has 1 N–H and O–H groups in total. The van der Waals surface area contributed by atoms with Crippen molar-refractivity contribution in [3.8, 4) is 11.1 Å². The van der Waals surface area contributed by atoms with Crippen molar-refractivity contribution in [3.05, 3.63) is 52.8 Å². The minimum atomic E-state index is -0.619. The van der Waals surface area contributed by atoms with Gasteiger partial charge in [-0.2, -0.15) is 0 Å². The average molecular weight is 590 g/mol. The molecule has 0 spiro atoms. The van der Waals surface area contributed by atoms with Crippen LogP contribution in [0.1, 0.15) is 62.9 Å². The summed E-state index contributed by atoms with van der Waals surface area (Å²) in [6, 6.07) is 6.24. The van der Waals surface area contributed by atoms with Crippen LogP contribution in [-0.4, -0.2) is 94.0 Å². The molecular weight excluding hydrogens is 546 g/mol. The SMILES string of the molecule is Cc1c[nH]c2ncc(-c3cc4c(c([C@@H]5COCCN5C(=O)OC(C)(C)C)c3)CN(C(=O)N3C[C@@H](C)O[C@@H](C)C3)CC4)cc12. The molecule has 3 aliphatic rings. The van der Waals surface area contributed by atoms with Crippen LogP contribution in [0.3, 0.4) is 0 Å². The standard InChI is InChI=1S/C33H43N5O5/c1-20-14-34-30-26(20)13-25(15-35-30)24-11-23-7-8-36(31(39)37-16-21(2)42-22(3)17-37)18-28(23)27(12-24)29-19-41-10-9-38(29)32(40)43-33(4,5)6/h11-15,21-22,29H,7-10,16-19H2,1-6H3,(H,34,35)/t21-,22+,29-/m0/s1. The molecule has 5 heterocycles. The lowest BCUT2D eigenvalue weighted by Crippen LogP contribution is -2.53. The number of benzene rings is 1. The van der Waals surface area contributed by atoms with Gasteiger partial charge in [-0.05, 0) is 87.9 Å². The van der Waals surface area contributed by atoms with Gasteiger partial charge in [-0.3, -0.25) is 4.90 Å². The van der Waals surface area contributed by atoms with Crippen molar-refractivity contribution in [1.82, 2.24) is 24.7 Å². The second-order valence-corrected chi connectivity index (χ2v) is 13.2. The number of aromatic amines is 1. The predicted octanol–water partition coefficient (Wildman–Crippen LogP) is 5.43. The summed E-state index contributed by atoms with van der Waals surface area (Å²) in [6.45, 7) is 15.2. The van der Waals surface area contributed by atoms with Crippen LogP contribution in [0.15, 0.2) is 30.6 Å². The first kappa shape index (κ1) is 29.4. The molecule has 230 valence electrons. The molecule has 2 fully saturated rings. The van der Waals surface area contributed by atoms with Gasteiger partial charge in [-0.1, -0.05) is 6.07 Å². The summed E-state index contributed by atoms with van der Waals surface area (Å²) < 4.78 is 17.7. The van der Waals surface area contributed by atoms with E-state index in [4.69, 9.17) is 14.2 Å². The second kappa shape index (κ2) is 11.5. The number of urea groups is 1. The highest BCUT2D eigenvalue weighted by Gasteiger charge is 2.37. The molecular formula is C33H43N5O5. The highest BCUT2D eigenvalue weighted by Crippen LogP contribution is 2.37. The minimum absolute atomic E-state index is 0.000664. The molecule has 10 nitrogen and oxygen atoms in total. The number of morpholine rings is 2. The van der Waals surface area contributed by atoms with Crippen LogP contribution in [0.25, 0.3) is 22.2 Å². The quantitative estimate of drug-likeness (QED) is 0.428. The van der Waals surface area contributed by atoms with Gasteiger partial charge < -0.3 is 29.0 Å². The molecule has 43 heavy (non-hydrogen) atoms. The Hall–Kier alpha value is -3.63. The number of H-pyrrole nitrogens is 1. The fourth-order valence-electron chi connectivity index (χ4n) is 6.55. The van der Waals surface area contributed by atoms with E-state index in [-0.39, 0.29) is 30.4 Å². The first-order chi connectivity index (χ1) is 20.5. The maximum Gasteiger partial charge on any atom is 0.410 e. The van der Waals surface area contributed by atoms with E-state index in [0.717, 1.165) is 45.3 Å². The lowest BCUT2D eigenvalue weighted by Gasteiger charge is -2.41. The number of hydrogen-bond donors (Lipinski definition) is 1. The number of rotatable bonds is 2. The molecule has 0 unspecified atom stereocenters. The predicted molar refractivity (Wildman–Crippen MR) is 164 cm³/mol. The first-order valence-corrected chi connectivity index (χ1v) is 15.3. The van der Waals surface area contributed by atoms with E-state index in [9.17, 15) is 9.59 Å². The van der Waals surface area contributed by atoms with Crippen LogP contribution < -0.4 is 0 Å². The molecule has 0 saturated carbocycles. The van der Waals surface area contributed by atoms with E-state index in [1.165, 1.54) is 5.56 Å². The Bertz CT molecular complexity index is 1520. The van der Waals surface area contributed by atoms with E-state index in [1.807, 2.05) is 56.8 Å². The molecule has 3 aliphatic heterocycles. The molecule has 3 aromatic rings. The molecule has 0 radical (unpaired) electrons. The average Bonchev–Trinajstić information content (AvgIpc) is 3.34. The summed E-state index contributed by atoms with van der Waals surface area (Å²) in [6.07, 6.45) is 4.23. The smallest absolute Gasteiger partial charge is 0.410 e. The largest absolute Gasteiger partial charge is 0.444 e. The minimum Gasteiger partial charge on any atom is -0.444 e. The fourth-order valence-corrected chi connectivity index (χ4v) is 6.55. The third-order valence-corrected chi connectivity index (χ3v) is 8.52. The van der Waals surface area contributed by atoms with Crippen LogP contribution in [0.2, 0.25) is 0 Å². The number of hydrogen-bond acceptors (Lipinski definition) is 6. The Kier molecular flexibility index (Phi) is 7.85. The van der Waals surface area contributed by atoms with Crippen LogP contribution in [0.4, 0.5) is 9.59 Å². The summed E-state index contributed by atoms with van der Waals surface area (Å²) in [4.78, 5) is 40.8. The number of amides is 3. The van der Waals surface area contributed by atoms with Gasteiger partial charge in [-0.25, -0.2) is 14.6 Å². The number of nitrogens with one attached hydrogen (secondary N) is 1. The van der Waals surface area contributed by atoms with E-state index in [0.29, 0.717) is 45.9 Å². The summed E-state index contributed by atoms with van der Waals surface area (Å²) in [7, 11) is 0. The van der Waals surface area contributed by atoms with E-state index < -0.39 is 5.60 Å². The highest BCUT2D eigenvalue weighted by atomic mass is 16.6. The van der Waals surface area contributed by atoms with Gasteiger partial charge in [0.05, 0.1) is 31.5 Å². The number of ether oxygens (including phenoxy) is 3. The number of aryl methyl sites for hydroxylation is 1. The lowest BCUT2D eigenvalue weighted by molar-refractivity contribution is -0.0586. The maximum absolute atomic E-state index is 13.8. The zero-order valence-corrected chi connectivity index (χ0v) is 26.1. The van der Waals surface area contributed by atoms with Crippen LogP contribution >= 0.6 is 0 Å². The van der Waals surface area contributed by atoms with Gasteiger partial charge in [0.2, 0.25) is 0 Å². The van der Waals surface area contributed by atoms with Crippen LogP contribution in [0.5, 0.6) is 0 Å². The molecule has 3 atom stereocenters. The molecule has 2 saturated heterocycles. The maximum atomic E-state index is 13.8. The van der Waals surface area contributed by atoms with Gasteiger partial charge in [0, 0.05) is 56.1 Å². The van der Waals surface area contributed by atoms with Crippen LogP contribution in [0, 0.1) is 6.92 Å². The molecule has 0 bridgehead atoms. The third kappa shape index (κ3) is 6.08. The zero-order valence-electron chi connectivity index (χ0n) is 26.1. The van der Waals surface area contributed by atoms with Gasteiger partial charge in [0.25, 0.3) is 0 Å². The lowest BCUT2D eigenvalue weighted by atomic mass is 9.87. The highest BCUT2D eigenvalue weighted by molar-refractivity contribution is 5.85. The molecule has 0 aliphatic carbocycles. The van der Waals surface area contributed by atoms with E-state index >= 15 is 0 Å². The fraction of sp³-hybridized carbons (Fsp3) is 0.545. The van der Waals surface area contributed by atoms with Gasteiger partial charge in [0.15, 0.2) is 0 Å². The number of nitrogens with zero attached hydrogens (tertiary/aromatic N) is 4. The number of fused-ring (bicyclic) bond motifs is 2. The van der Waals surface area contributed by atoms with Gasteiger partial charge >= 0.3 is 12.1 Å². The zero-order chi connectivity index (χ0) is 30.5. The number of carbonyl (C=O) groups excluding carboxylic acids is 2. The summed E-state index contributed by atoms with van der Waals surface area (Å²) in [5.41, 5.74) is 6.67. The summed E-state index contributed by atoms with van der Waals surface area (Å²) in [5.74, 6) is 0. The van der Waals surface area contributed by atoms with Gasteiger partial charge in [-0.15, -0.1) is 0 Å². The molecule has 2 aromatic heterocycles. The normalized spacial score (nSPS) is 22.9. The second-order valence-electron chi connectivity index (χ2n) is 13.2. The molecule has 1 aromatic carbocycles. The van der Waals surface area contributed by atoms with Crippen molar-refractivity contribution in [3.63, 3.8) is 0 Å². The first-order valence-electron chi connectivity index (χ1n) is 15.3. The summed E-state index contributed by atoms with van der Waals surface area (Å²) >= 11 is 0. The Morgan fingerprint density at radius 1 is 1.05 bits per heavy atom. The van der Waals surface area contributed by atoms with E-state index in [2.05, 4.69) is 35.1 Å². The van der Waals surface area contributed by atoms with Crippen molar-refractivity contribution >= 4 is 23.2 Å². The Morgan fingerprint density at radius 2 is 1.81 bits per heavy atom. The van der Waals surface area contributed by atoms with Crippen molar-refractivity contribution in [1.29, 1.82) is 0 Å². The number of carbonyl (C=O) groups is 2. The number of aromatic nitrogens is 2. The molecule has 3 amide bonds. The molecule has 10 heteroatoms. The number of pyridine rings is 1. The van der Waals surface area contributed by atoms with Crippen molar-refractivity contribution in [2.24, 2.45) is 0 Å². The van der Waals surface area contributed by atoms with E-state index in [1.54, 1.807) is 4.90 Å². The Labute approximate surface area is 253 Å². The van der Waals surface area contributed by atoms with Crippen molar-refractivity contribution in [2.75, 3.05) is 39.4 Å². The Balaban J connectivity index is 1.40. The topological polar surface area (TPSA) is 100 Å². The third-order valence-electron chi connectivity index (χ3n) is 8.52. The summed E-state index contributed by atoms with van der Waals surface area (Å²) in [5, 5.41) is 1.08. The molecule has 6 rings (SSSR count). The monoisotopic (exact) mass is 589 g/mol.